The third-order valence-corrected chi connectivity index (χ3v) is 3.21. The van der Waals surface area contributed by atoms with Gasteiger partial charge in [0, 0.05) is 13.2 Å². The van der Waals surface area contributed by atoms with Crippen LogP contribution in [0, 0.1) is 0 Å². The average Bonchev–Trinajstić information content (AvgIpc) is 3.02. The van der Waals surface area contributed by atoms with E-state index in [1.54, 1.807) is 6.92 Å². The number of hydrogen-bond acceptors (Lipinski definition) is 4. The predicted molar refractivity (Wildman–Crippen MR) is 83.2 cm³/mol. The fourth-order valence-corrected chi connectivity index (χ4v) is 2.06. The molecule has 0 unspecified atom stereocenters. The van der Waals surface area contributed by atoms with Crippen molar-refractivity contribution in [1.29, 1.82) is 0 Å². The number of alkyl halides is 3. The van der Waals surface area contributed by atoms with Crippen LogP contribution in [0.3, 0.4) is 0 Å². The summed E-state index contributed by atoms with van der Waals surface area (Å²) in [6, 6.07) is 5.86. The molecule has 25 heavy (non-hydrogen) atoms. The minimum Gasteiger partial charge on any atom is -0.487 e. The van der Waals surface area contributed by atoms with E-state index in [1.807, 2.05) is 0 Å². The van der Waals surface area contributed by atoms with E-state index in [-0.39, 0.29) is 30.0 Å². The van der Waals surface area contributed by atoms with Gasteiger partial charge in [0.05, 0.1) is 17.9 Å². The molecule has 0 spiro atoms. The van der Waals surface area contributed by atoms with Crippen LogP contribution >= 0.6 is 0 Å². The number of halogens is 3. The molecular weight excluding hydrogens is 339 g/mol. The van der Waals surface area contributed by atoms with E-state index in [4.69, 9.17) is 9.47 Å². The Labute approximate surface area is 142 Å². The largest absolute Gasteiger partial charge is 0.487 e. The highest BCUT2D eigenvalue weighted by atomic mass is 19.4. The lowest BCUT2D eigenvalue weighted by Gasteiger charge is -2.11. The van der Waals surface area contributed by atoms with Gasteiger partial charge in [0.1, 0.15) is 18.1 Å². The van der Waals surface area contributed by atoms with Gasteiger partial charge in [-0.15, -0.1) is 0 Å². The minimum atomic E-state index is -4.43. The van der Waals surface area contributed by atoms with Gasteiger partial charge in [0.25, 0.3) is 5.91 Å². The minimum absolute atomic E-state index is 0.0464. The van der Waals surface area contributed by atoms with Crippen molar-refractivity contribution >= 4 is 5.91 Å². The molecule has 0 saturated carbocycles. The van der Waals surface area contributed by atoms with Crippen LogP contribution < -0.4 is 10.1 Å². The van der Waals surface area contributed by atoms with Crippen LogP contribution in [0.25, 0.3) is 0 Å². The molecule has 136 valence electrons. The summed E-state index contributed by atoms with van der Waals surface area (Å²) in [5, 5.41) is 9.17. The van der Waals surface area contributed by atoms with Gasteiger partial charge in [-0.3, -0.25) is 9.89 Å². The summed E-state index contributed by atoms with van der Waals surface area (Å²) < 4.78 is 48.2. The molecule has 2 N–H and O–H groups in total. The molecule has 1 aromatic heterocycles. The zero-order valence-corrected chi connectivity index (χ0v) is 13.7. The highest BCUT2D eigenvalue weighted by molar-refractivity contribution is 5.92. The molecular formula is C16H18F3N3O3. The van der Waals surface area contributed by atoms with Crippen molar-refractivity contribution in [3.05, 3.63) is 47.3 Å². The van der Waals surface area contributed by atoms with Gasteiger partial charge in [-0.1, -0.05) is 6.07 Å². The first kappa shape index (κ1) is 18.8. The highest BCUT2D eigenvalue weighted by Gasteiger charge is 2.30. The molecule has 0 radical (unpaired) electrons. The number of rotatable bonds is 7. The molecule has 2 aromatic rings. The molecule has 1 amide bonds. The Morgan fingerprint density at radius 1 is 1.36 bits per heavy atom. The van der Waals surface area contributed by atoms with Crippen LogP contribution in [0.4, 0.5) is 13.2 Å². The summed E-state index contributed by atoms with van der Waals surface area (Å²) in [7, 11) is 1.53. The van der Waals surface area contributed by atoms with Gasteiger partial charge in [-0.05, 0) is 31.2 Å². The monoisotopic (exact) mass is 357 g/mol. The first-order valence-electron chi connectivity index (χ1n) is 7.43. The summed E-state index contributed by atoms with van der Waals surface area (Å²) in [6.07, 6.45) is -4.43. The van der Waals surface area contributed by atoms with E-state index in [1.165, 1.54) is 25.3 Å². The van der Waals surface area contributed by atoms with E-state index in [9.17, 15) is 18.0 Å². The van der Waals surface area contributed by atoms with Crippen molar-refractivity contribution in [3.63, 3.8) is 0 Å². The highest BCUT2D eigenvalue weighted by Crippen LogP contribution is 2.31. The quantitative estimate of drug-likeness (QED) is 0.799. The topological polar surface area (TPSA) is 76.2 Å². The molecule has 9 heteroatoms. The molecule has 0 aliphatic rings. The number of carbonyl (C=O) groups excluding carboxylic acids is 1. The lowest BCUT2D eigenvalue weighted by Crippen LogP contribution is -2.35. The van der Waals surface area contributed by atoms with Crippen molar-refractivity contribution in [2.24, 2.45) is 0 Å². The number of carbonyl (C=O) groups is 1. The Hall–Kier alpha value is -2.55. The fraction of sp³-hybridized carbons (Fsp3) is 0.375. The second kappa shape index (κ2) is 8.02. The predicted octanol–water partition coefficient (Wildman–Crippen LogP) is 2.77. The first-order chi connectivity index (χ1) is 11.8. The van der Waals surface area contributed by atoms with Crippen molar-refractivity contribution in [2.45, 2.75) is 25.7 Å². The molecule has 1 heterocycles. The molecule has 0 bridgehead atoms. The SMILES string of the molecule is COC[C@H](C)NC(=O)c1cc(COc2cccc(C(F)(F)F)c2)[nH]n1. The molecule has 2 rings (SSSR count). The third kappa shape index (κ3) is 5.49. The number of nitrogens with one attached hydrogen (secondary N) is 2. The number of benzene rings is 1. The third-order valence-electron chi connectivity index (χ3n) is 3.21. The average molecular weight is 357 g/mol. The Morgan fingerprint density at radius 2 is 2.12 bits per heavy atom. The number of amides is 1. The van der Waals surface area contributed by atoms with Crippen LogP contribution in [0.1, 0.15) is 28.7 Å². The summed E-state index contributed by atoms with van der Waals surface area (Å²) in [5.74, 6) is -0.310. The lowest BCUT2D eigenvalue weighted by molar-refractivity contribution is -0.137. The van der Waals surface area contributed by atoms with Crippen molar-refractivity contribution in [2.75, 3.05) is 13.7 Å². The lowest BCUT2D eigenvalue weighted by atomic mass is 10.2. The van der Waals surface area contributed by atoms with Crippen LogP contribution in [-0.2, 0) is 17.5 Å². The zero-order valence-electron chi connectivity index (χ0n) is 13.7. The number of methoxy groups -OCH3 is 1. The van der Waals surface area contributed by atoms with E-state index >= 15 is 0 Å². The van der Waals surface area contributed by atoms with Crippen molar-refractivity contribution in [1.82, 2.24) is 15.5 Å². The summed E-state index contributed by atoms with van der Waals surface area (Å²) in [4.78, 5) is 12.0. The summed E-state index contributed by atoms with van der Waals surface area (Å²) in [6.45, 7) is 2.10. The first-order valence-corrected chi connectivity index (χ1v) is 7.43. The maximum atomic E-state index is 12.7. The van der Waals surface area contributed by atoms with Crippen LogP contribution in [0.2, 0.25) is 0 Å². The van der Waals surface area contributed by atoms with Gasteiger partial charge in [0.15, 0.2) is 0 Å². The van der Waals surface area contributed by atoms with Crippen LogP contribution in [0.15, 0.2) is 30.3 Å². The van der Waals surface area contributed by atoms with Gasteiger partial charge in [-0.25, -0.2) is 0 Å². The van der Waals surface area contributed by atoms with E-state index in [0.29, 0.717) is 12.3 Å². The van der Waals surface area contributed by atoms with Crippen molar-refractivity contribution < 1.29 is 27.4 Å². The molecule has 6 nitrogen and oxygen atoms in total. The Bertz CT molecular complexity index is 716. The maximum Gasteiger partial charge on any atom is 0.416 e. The molecule has 0 fully saturated rings. The molecule has 1 aromatic carbocycles. The normalized spacial score (nSPS) is 12.7. The molecule has 0 aliphatic heterocycles. The number of H-pyrrole nitrogens is 1. The van der Waals surface area contributed by atoms with E-state index in [0.717, 1.165) is 12.1 Å². The number of ether oxygens (including phenoxy) is 2. The number of hydrogen-bond donors (Lipinski definition) is 2. The number of aromatic amines is 1. The smallest absolute Gasteiger partial charge is 0.416 e. The maximum absolute atomic E-state index is 12.7. The Kier molecular flexibility index (Phi) is 6.02. The molecule has 1 atom stereocenters. The van der Waals surface area contributed by atoms with Gasteiger partial charge in [0.2, 0.25) is 0 Å². The van der Waals surface area contributed by atoms with E-state index < -0.39 is 11.7 Å². The Balaban J connectivity index is 1.94. The fourth-order valence-electron chi connectivity index (χ4n) is 2.06. The second-order valence-electron chi connectivity index (χ2n) is 5.42. The summed E-state index contributed by atoms with van der Waals surface area (Å²) >= 11 is 0. The zero-order chi connectivity index (χ0) is 18.4. The van der Waals surface area contributed by atoms with E-state index in [2.05, 4.69) is 15.5 Å². The Morgan fingerprint density at radius 3 is 2.80 bits per heavy atom. The number of nitrogens with zero attached hydrogens (tertiary/aromatic N) is 1. The van der Waals surface area contributed by atoms with Crippen LogP contribution in [-0.4, -0.2) is 35.9 Å². The van der Waals surface area contributed by atoms with Gasteiger partial charge < -0.3 is 14.8 Å². The van der Waals surface area contributed by atoms with Crippen LogP contribution in [0.5, 0.6) is 5.75 Å². The molecule has 0 aliphatic carbocycles. The van der Waals surface area contributed by atoms with Gasteiger partial charge in [-0.2, -0.15) is 18.3 Å². The van der Waals surface area contributed by atoms with Crippen molar-refractivity contribution in [3.8, 4) is 5.75 Å². The van der Waals surface area contributed by atoms with Gasteiger partial charge >= 0.3 is 6.18 Å². The molecule has 0 saturated heterocycles. The number of aromatic nitrogens is 2. The second-order valence-corrected chi connectivity index (χ2v) is 5.42. The summed E-state index contributed by atoms with van der Waals surface area (Å²) in [5.41, 5.74) is -0.172. The standard InChI is InChI=1S/C16H18F3N3O3/c1-10(8-24-2)20-15(23)14-7-12(21-22-14)9-25-13-5-3-4-11(6-13)16(17,18)19/h3-7,10H,8-9H2,1-2H3,(H,20,23)(H,21,22)/t10-/m0/s1.